The third-order valence-electron chi connectivity index (χ3n) is 3.79. The number of hydrogen-bond donors (Lipinski definition) is 1. The monoisotopic (exact) mass is 262 g/mol. The van der Waals surface area contributed by atoms with Crippen molar-refractivity contribution in [1.82, 2.24) is 4.90 Å². The fraction of sp³-hybridized carbons (Fsp3) is 1.00. The molecule has 0 radical (unpaired) electrons. The molecule has 1 rings (SSSR count). The molecule has 1 aliphatic carbocycles. The van der Waals surface area contributed by atoms with Crippen LogP contribution in [0, 0.1) is 5.92 Å². The largest absolute Gasteiger partial charge is 0.327 e. The van der Waals surface area contributed by atoms with Crippen LogP contribution in [0.25, 0.3) is 0 Å². The van der Waals surface area contributed by atoms with E-state index in [1.807, 2.05) is 14.1 Å². The summed E-state index contributed by atoms with van der Waals surface area (Å²) in [6.07, 6.45) is 5.96. The summed E-state index contributed by atoms with van der Waals surface area (Å²) >= 11 is 0. The molecule has 3 unspecified atom stereocenters. The first-order chi connectivity index (χ1) is 7.80. The lowest BCUT2D eigenvalue weighted by Crippen LogP contribution is -2.39. The maximum absolute atomic E-state index is 11.6. The standard InChI is InChI=1S/C12H26N2O2S/c1-14(2)8-7-12(13)10-5-4-6-11(9-10)17(3,15)16/h10-12H,4-9,13H2,1-3H3. The molecule has 0 aliphatic heterocycles. The Bertz CT molecular complexity index is 327. The summed E-state index contributed by atoms with van der Waals surface area (Å²) in [5.41, 5.74) is 6.18. The second-order valence-corrected chi connectivity index (χ2v) is 7.96. The first-order valence-corrected chi connectivity index (χ1v) is 8.35. The van der Waals surface area contributed by atoms with Crippen LogP contribution in [0.5, 0.6) is 0 Å². The lowest BCUT2D eigenvalue weighted by atomic mass is 9.83. The van der Waals surface area contributed by atoms with Gasteiger partial charge in [-0.2, -0.15) is 0 Å². The predicted octanol–water partition coefficient (Wildman–Crippen LogP) is 0.869. The van der Waals surface area contributed by atoms with Gasteiger partial charge in [-0.1, -0.05) is 6.42 Å². The van der Waals surface area contributed by atoms with E-state index in [-0.39, 0.29) is 11.3 Å². The van der Waals surface area contributed by atoms with Crippen LogP contribution in [0.3, 0.4) is 0 Å². The number of hydrogen-bond acceptors (Lipinski definition) is 4. The molecule has 2 N–H and O–H groups in total. The summed E-state index contributed by atoms with van der Waals surface area (Å²) in [5.74, 6) is 0.378. The summed E-state index contributed by atoms with van der Waals surface area (Å²) in [6, 6.07) is 0.141. The lowest BCUT2D eigenvalue weighted by Gasteiger charge is -2.32. The molecule has 1 aliphatic rings. The van der Waals surface area contributed by atoms with Crippen molar-refractivity contribution < 1.29 is 8.42 Å². The molecule has 0 aromatic heterocycles. The second-order valence-electron chi connectivity index (χ2n) is 5.63. The predicted molar refractivity (Wildman–Crippen MR) is 71.7 cm³/mol. The summed E-state index contributed by atoms with van der Waals surface area (Å²) < 4.78 is 23.1. The van der Waals surface area contributed by atoms with Crippen molar-refractivity contribution in [2.45, 2.75) is 43.4 Å². The average Bonchev–Trinajstić information content (AvgIpc) is 2.25. The highest BCUT2D eigenvalue weighted by molar-refractivity contribution is 7.91. The molecule has 0 heterocycles. The van der Waals surface area contributed by atoms with Crippen LogP contribution in [-0.2, 0) is 9.84 Å². The molecule has 0 amide bonds. The number of rotatable bonds is 5. The van der Waals surface area contributed by atoms with E-state index in [1.54, 1.807) is 0 Å². The van der Waals surface area contributed by atoms with E-state index in [2.05, 4.69) is 4.90 Å². The molecule has 0 saturated heterocycles. The molecular weight excluding hydrogens is 236 g/mol. The Balaban J connectivity index is 2.49. The quantitative estimate of drug-likeness (QED) is 0.798. The fourth-order valence-electron chi connectivity index (χ4n) is 2.60. The van der Waals surface area contributed by atoms with Gasteiger partial charge < -0.3 is 10.6 Å². The van der Waals surface area contributed by atoms with Crippen LogP contribution < -0.4 is 5.73 Å². The van der Waals surface area contributed by atoms with E-state index in [9.17, 15) is 8.42 Å². The van der Waals surface area contributed by atoms with Gasteiger partial charge in [0.25, 0.3) is 0 Å². The van der Waals surface area contributed by atoms with Crippen molar-refractivity contribution in [2.75, 3.05) is 26.9 Å². The van der Waals surface area contributed by atoms with Gasteiger partial charge in [-0.3, -0.25) is 0 Å². The van der Waals surface area contributed by atoms with E-state index in [0.717, 1.165) is 38.6 Å². The van der Waals surface area contributed by atoms with E-state index >= 15 is 0 Å². The maximum Gasteiger partial charge on any atom is 0.150 e. The molecule has 0 aromatic carbocycles. The zero-order valence-corrected chi connectivity index (χ0v) is 12.0. The first kappa shape index (κ1) is 14.9. The van der Waals surface area contributed by atoms with Crippen molar-refractivity contribution in [3.8, 4) is 0 Å². The van der Waals surface area contributed by atoms with Gasteiger partial charge in [-0.05, 0) is 52.2 Å². The van der Waals surface area contributed by atoms with Crippen molar-refractivity contribution in [2.24, 2.45) is 11.7 Å². The SMILES string of the molecule is CN(C)CCC(N)C1CCCC(S(C)(=O)=O)C1. The Morgan fingerprint density at radius 3 is 2.53 bits per heavy atom. The molecule has 102 valence electrons. The molecule has 1 saturated carbocycles. The molecule has 17 heavy (non-hydrogen) atoms. The van der Waals surface area contributed by atoms with E-state index < -0.39 is 9.84 Å². The number of sulfone groups is 1. The van der Waals surface area contributed by atoms with Crippen molar-refractivity contribution >= 4 is 9.84 Å². The van der Waals surface area contributed by atoms with Crippen LogP contribution in [0.4, 0.5) is 0 Å². The third kappa shape index (κ3) is 4.94. The van der Waals surface area contributed by atoms with Gasteiger partial charge in [-0.25, -0.2) is 8.42 Å². The van der Waals surface area contributed by atoms with Crippen LogP contribution in [0.1, 0.15) is 32.1 Å². The Hall–Kier alpha value is -0.130. The number of nitrogens with zero attached hydrogens (tertiary/aromatic N) is 1. The minimum Gasteiger partial charge on any atom is -0.327 e. The first-order valence-electron chi connectivity index (χ1n) is 6.40. The summed E-state index contributed by atoms with van der Waals surface area (Å²) in [7, 11) is 1.18. The van der Waals surface area contributed by atoms with Gasteiger partial charge in [-0.15, -0.1) is 0 Å². The molecule has 0 bridgehead atoms. The van der Waals surface area contributed by atoms with E-state index in [1.165, 1.54) is 6.26 Å². The molecule has 0 spiro atoms. The Morgan fingerprint density at radius 2 is 2.00 bits per heavy atom. The van der Waals surface area contributed by atoms with Gasteiger partial charge in [0.2, 0.25) is 0 Å². The second kappa shape index (κ2) is 6.16. The highest BCUT2D eigenvalue weighted by Gasteiger charge is 2.31. The smallest absolute Gasteiger partial charge is 0.150 e. The van der Waals surface area contributed by atoms with Gasteiger partial charge >= 0.3 is 0 Å². The zero-order valence-electron chi connectivity index (χ0n) is 11.2. The topological polar surface area (TPSA) is 63.4 Å². The molecular formula is C12H26N2O2S. The van der Waals surface area contributed by atoms with Crippen molar-refractivity contribution in [3.63, 3.8) is 0 Å². The summed E-state index contributed by atoms with van der Waals surface area (Å²) in [4.78, 5) is 2.12. The lowest BCUT2D eigenvalue weighted by molar-refractivity contribution is 0.273. The normalized spacial score (nSPS) is 28.3. The van der Waals surface area contributed by atoms with Crippen molar-refractivity contribution in [1.29, 1.82) is 0 Å². The van der Waals surface area contributed by atoms with Gasteiger partial charge in [0.15, 0.2) is 0 Å². The molecule has 0 aromatic rings. The molecule has 5 heteroatoms. The van der Waals surface area contributed by atoms with Crippen LogP contribution in [-0.4, -0.2) is 51.5 Å². The third-order valence-corrected chi connectivity index (χ3v) is 5.43. The van der Waals surface area contributed by atoms with Crippen molar-refractivity contribution in [3.05, 3.63) is 0 Å². The van der Waals surface area contributed by atoms with Gasteiger partial charge in [0, 0.05) is 12.3 Å². The molecule has 4 nitrogen and oxygen atoms in total. The minimum atomic E-state index is -2.89. The molecule has 3 atom stereocenters. The van der Waals surface area contributed by atoms with Crippen LogP contribution >= 0.6 is 0 Å². The fourth-order valence-corrected chi connectivity index (χ4v) is 3.79. The Morgan fingerprint density at radius 1 is 1.35 bits per heavy atom. The number of nitrogens with two attached hydrogens (primary N) is 1. The Labute approximate surface area is 105 Å². The minimum absolute atomic E-state index is 0.141. The average molecular weight is 262 g/mol. The summed E-state index contributed by atoms with van der Waals surface area (Å²) in [6.45, 7) is 0.973. The van der Waals surface area contributed by atoms with Crippen LogP contribution in [0.2, 0.25) is 0 Å². The summed E-state index contributed by atoms with van der Waals surface area (Å²) in [5, 5.41) is -0.161. The van der Waals surface area contributed by atoms with Gasteiger partial charge in [0.05, 0.1) is 5.25 Å². The van der Waals surface area contributed by atoms with E-state index in [4.69, 9.17) is 5.73 Å². The highest BCUT2D eigenvalue weighted by Crippen LogP contribution is 2.30. The molecule has 1 fully saturated rings. The van der Waals surface area contributed by atoms with E-state index in [0.29, 0.717) is 5.92 Å². The van der Waals surface area contributed by atoms with Gasteiger partial charge in [0.1, 0.15) is 9.84 Å². The Kier molecular flexibility index (Phi) is 5.41. The zero-order chi connectivity index (χ0) is 13.1. The highest BCUT2D eigenvalue weighted by atomic mass is 32.2. The maximum atomic E-state index is 11.6. The van der Waals surface area contributed by atoms with Crippen LogP contribution in [0.15, 0.2) is 0 Å².